The van der Waals surface area contributed by atoms with Crippen LogP contribution in [0.2, 0.25) is 0 Å². The minimum Gasteiger partial charge on any atom is -0.355 e. The molecule has 25 heavy (non-hydrogen) atoms. The molecule has 0 aliphatic carbocycles. The molecule has 0 bridgehead atoms. The quantitative estimate of drug-likeness (QED) is 0.847. The van der Waals surface area contributed by atoms with Crippen molar-refractivity contribution in [3.05, 3.63) is 35.6 Å². The number of thiazole rings is 1. The van der Waals surface area contributed by atoms with E-state index in [1.165, 1.54) is 4.90 Å². The number of piperidine rings is 1. The number of nitrogens with zero attached hydrogens (tertiary/aromatic N) is 3. The van der Waals surface area contributed by atoms with Gasteiger partial charge in [-0.1, -0.05) is 0 Å². The van der Waals surface area contributed by atoms with Crippen LogP contribution in [0.4, 0.5) is 4.79 Å². The van der Waals surface area contributed by atoms with Crippen molar-refractivity contribution in [2.45, 2.75) is 19.3 Å². The highest BCUT2D eigenvalue weighted by Crippen LogP contribution is 2.22. The molecule has 1 fully saturated rings. The Morgan fingerprint density at radius 2 is 2.32 bits per heavy atom. The highest BCUT2D eigenvalue weighted by Gasteiger charge is 2.27. The van der Waals surface area contributed by atoms with Crippen LogP contribution in [-0.4, -0.2) is 46.4 Å². The molecule has 2 aromatic rings. The summed E-state index contributed by atoms with van der Waals surface area (Å²) in [6.45, 7) is 1.57. The predicted octanol–water partition coefficient (Wildman–Crippen LogP) is 1.65. The van der Waals surface area contributed by atoms with Gasteiger partial charge in [0.05, 0.1) is 11.6 Å². The Labute approximate surface area is 150 Å². The van der Waals surface area contributed by atoms with E-state index >= 15 is 0 Å². The highest BCUT2D eigenvalue weighted by molar-refractivity contribution is 7.13. The summed E-state index contributed by atoms with van der Waals surface area (Å²) in [5.41, 5.74) is 7.25. The van der Waals surface area contributed by atoms with Gasteiger partial charge in [0.1, 0.15) is 5.01 Å². The van der Waals surface area contributed by atoms with Crippen molar-refractivity contribution in [2.75, 3.05) is 19.6 Å². The number of aromatic nitrogens is 2. The van der Waals surface area contributed by atoms with Gasteiger partial charge in [-0.25, -0.2) is 9.78 Å². The molecule has 0 aromatic carbocycles. The summed E-state index contributed by atoms with van der Waals surface area (Å²) in [6, 6.07) is 3.41. The number of nitrogens with one attached hydrogen (secondary N) is 1. The van der Waals surface area contributed by atoms with Gasteiger partial charge in [0.2, 0.25) is 5.91 Å². The third-order valence-corrected chi connectivity index (χ3v) is 5.18. The monoisotopic (exact) mass is 359 g/mol. The lowest BCUT2D eigenvalue weighted by atomic mass is 9.97. The molecule has 7 nitrogen and oxygen atoms in total. The van der Waals surface area contributed by atoms with Gasteiger partial charge in [0.15, 0.2) is 0 Å². The van der Waals surface area contributed by atoms with Crippen LogP contribution >= 0.6 is 11.3 Å². The molecular weight excluding hydrogens is 338 g/mol. The summed E-state index contributed by atoms with van der Waals surface area (Å²) in [4.78, 5) is 33.7. The van der Waals surface area contributed by atoms with Crippen LogP contribution in [0.1, 0.15) is 18.5 Å². The van der Waals surface area contributed by atoms with E-state index in [9.17, 15) is 9.59 Å². The van der Waals surface area contributed by atoms with E-state index in [0.717, 1.165) is 29.1 Å². The molecule has 3 rings (SSSR count). The number of carbonyl (C=O) groups excluding carboxylic acids is 2. The van der Waals surface area contributed by atoms with Crippen molar-refractivity contribution in [1.82, 2.24) is 20.2 Å². The molecule has 1 atom stereocenters. The Bertz CT molecular complexity index is 734. The Kier molecular flexibility index (Phi) is 5.60. The maximum Gasteiger partial charge on any atom is 0.314 e. The van der Waals surface area contributed by atoms with Crippen LogP contribution < -0.4 is 11.1 Å². The minimum atomic E-state index is -0.456. The molecule has 1 aliphatic heterocycles. The third-order valence-electron chi connectivity index (χ3n) is 4.24. The fourth-order valence-electron chi connectivity index (χ4n) is 2.89. The van der Waals surface area contributed by atoms with Gasteiger partial charge < -0.3 is 16.0 Å². The van der Waals surface area contributed by atoms with Crippen LogP contribution in [0.15, 0.2) is 29.9 Å². The number of urea groups is 1. The molecule has 3 N–H and O–H groups in total. The molecule has 2 aromatic heterocycles. The van der Waals surface area contributed by atoms with Crippen molar-refractivity contribution < 1.29 is 9.59 Å². The first-order valence-electron chi connectivity index (χ1n) is 8.30. The van der Waals surface area contributed by atoms with E-state index in [1.807, 2.05) is 17.5 Å². The summed E-state index contributed by atoms with van der Waals surface area (Å²) in [7, 11) is 0. The lowest BCUT2D eigenvalue weighted by Gasteiger charge is -2.30. The maximum atomic E-state index is 12.3. The topological polar surface area (TPSA) is 101 Å². The second kappa shape index (κ2) is 8.06. The summed E-state index contributed by atoms with van der Waals surface area (Å²) < 4.78 is 0. The number of nitrogens with two attached hydrogens (primary N) is 1. The Hall–Kier alpha value is -2.48. The highest BCUT2D eigenvalue weighted by atomic mass is 32.1. The lowest BCUT2D eigenvalue weighted by Crippen LogP contribution is -2.47. The molecule has 1 saturated heterocycles. The lowest BCUT2D eigenvalue weighted by molar-refractivity contribution is -0.126. The van der Waals surface area contributed by atoms with Crippen LogP contribution in [0, 0.1) is 5.92 Å². The van der Waals surface area contributed by atoms with E-state index in [1.54, 1.807) is 23.7 Å². The van der Waals surface area contributed by atoms with E-state index in [-0.39, 0.29) is 11.8 Å². The zero-order valence-electron chi connectivity index (χ0n) is 13.9. The largest absolute Gasteiger partial charge is 0.355 e. The Morgan fingerprint density at radius 1 is 1.44 bits per heavy atom. The second-order valence-corrected chi connectivity index (χ2v) is 6.91. The van der Waals surface area contributed by atoms with Crippen molar-refractivity contribution in [2.24, 2.45) is 11.7 Å². The minimum absolute atomic E-state index is 0.0198. The Balaban J connectivity index is 1.47. The van der Waals surface area contributed by atoms with E-state index < -0.39 is 6.03 Å². The molecule has 3 amide bonds. The summed E-state index contributed by atoms with van der Waals surface area (Å²) >= 11 is 1.57. The number of primary amides is 1. The average molecular weight is 359 g/mol. The summed E-state index contributed by atoms with van der Waals surface area (Å²) in [6.07, 6.45) is 5.80. The first-order chi connectivity index (χ1) is 12.1. The first kappa shape index (κ1) is 17.3. The van der Waals surface area contributed by atoms with Gasteiger partial charge >= 0.3 is 6.03 Å². The van der Waals surface area contributed by atoms with E-state index in [0.29, 0.717) is 26.1 Å². The number of rotatable bonds is 5. The molecule has 0 spiro atoms. The molecule has 1 aliphatic rings. The number of pyridine rings is 1. The normalized spacial score (nSPS) is 17.3. The van der Waals surface area contributed by atoms with Crippen LogP contribution in [-0.2, 0) is 11.2 Å². The summed E-state index contributed by atoms with van der Waals surface area (Å²) in [5, 5.41) is 5.88. The second-order valence-electron chi connectivity index (χ2n) is 6.05. The van der Waals surface area contributed by atoms with Crippen LogP contribution in [0.5, 0.6) is 0 Å². The maximum absolute atomic E-state index is 12.3. The zero-order valence-corrected chi connectivity index (χ0v) is 14.7. The predicted molar refractivity (Wildman–Crippen MR) is 95.9 cm³/mol. The zero-order chi connectivity index (χ0) is 17.6. The molecular formula is C17H21N5O2S. The van der Waals surface area contributed by atoms with Gasteiger partial charge in [0, 0.05) is 49.4 Å². The summed E-state index contributed by atoms with van der Waals surface area (Å²) in [5.74, 6) is -0.198. The number of amides is 3. The van der Waals surface area contributed by atoms with Crippen LogP contribution in [0.3, 0.4) is 0 Å². The number of hydrogen-bond acceptors (Lipinski definition) is 5. The van der Waals surface area contributed by atoms with Crippen LogP contribution in [0.25, 0.3) is 10.6 Å². The fourth-order valence-corrected chi connectivity index (χ4v) is 3.74. The smallest absolute Gasteiger partial charge is 0.314 e. The van der Waals surface area contributed by atoms with Crippen molar-refractivity contribution in [3.63, 3.8) is 0 Å². The molecule has 0 unspecified atom stereocenters. The van der Waals surface area contributed by atoms with E-state index in [4.69, 9.17) is 5.73 Å². The first-order valence-corrected chi connectivity index (χ1v) is 9.18. The van der Waals surface area contributed by atoms with Gasteiger partial charge in [0.25, 0.3) is 0 Å². The molecule has 0 saturated carbocycles. The van der Waals surface area contributed by atoms with Gasteiger partial charge in [-0.2, -0.15) is 0 Å². The van der Waals surface area contributed by atoms with Gasteiger partial charge in [-0.15, -0.1) is 11.3 Å². The van der Waals surface area contributed by atoms with Gasteiger partial charge in [-0.3, -0.25) is 9.78 Å². The Morgan fingerprint density at radius 3 is 3.08 bits per heavy atom. The fraction of sp³-hybridized carbons (Fsp3) is 0.412. The van der Waals surface area contributed by atoms with Crippen molar-refractivity contribution in [1.29, 1.82) is 0 Å². The molecule has 3 heterocycles. The van der Waals surface area contributed by atoms with Gasteiger partial charge in [-0.05, 0) is 25.0 Å². The average Bonchev–Trinajstić information content (AvgIpc) is 3.11. The van der Waals surface area contributed by atoms with Crippen molar-refractivity contribution >= 4 is 23.3 Å². The number of likely N-dealkylation sites (tertiary alicyclic amines) is 1. The third kappa shape index (κ3) is 4.54. The molecule has 132 valence electrons. The standard InChI is InChI=1S/C17H21N5O2S/c18-17(24)22-8-2-4-13(10-22)15(23)20-7-5-14-11-25-16(21-14)12-3-1-6-19-9-12/h1,3,6,9,11,13H,2,4-5,7-8,10H2,(H2,18,24)(H,20,23)/t13-/m0/s1. The van der Waals surface area contributed by atoms with E-state index in [2.05, 4.69) is 15.3 Å². The number of carbonyl (C=O) groups is 2. The molecule has 8 heteroatoms. The van der Waals surface area contributed by atoms with Crippen molar-refractivity contribution in [3.8, 4) is 10.6 Å². The number of hydrogen-bond donors (Lipinski definition) is 2. The SMILES string of the molecule is NC(=O)N1CCC[C@H](C(=O)NCCc2csc(-c3cccnc3)n2)C1. The molecule has 0 radical (unpaired) electrons.